The first kappa shape index (κ1) is 20.2. The quantitative estimate of drug-likeness (QED) is 0.551. The molecule has 0 amide bonds. The van der Waals surface area contributed by atoms with Gasteiger partial charge in [-0.3, -0.25) is 0 Å². The number of benzene rings is 1. The zero-order valence-electron chi connectivity index (χ0n) is 14.8. The third kappa shape index (κ3) is 8.11. The van der Waals surface area contributed by atoms with Crippen molar-refractivity contribution >= 4 is 11.9 Å². The van der Waals surface area contributed by atoms with Crippen LogP contribution >= 0.6 is 0 Å². The van der Waals surface area contributed by atoms with E-state index >= 15 is 0 Å². The summed E-state index contributed by atoms with van der Waals surface area (Å²) in [6.07, 6.45) is 3.36. The number of ether oxygens (including phenoxy) is 2. The van der Waals surface area contributed by atoms with Crippen molar-refractivity contribution in [2.75, 3.05) is 19.8 Å². The Bertz CT molecular complexity index is 531. The van der Waals surface area contributed by atoms with Crippen LogP contribution < -0.4 is 0 Å². The first-order valence-electron chi connectivity index (χ1n) is 8.38. The number of carbonyl (C=O) groups is 2. The van der Waals surface area contributed by atoms with E-state index in [-0.39, 0.29) is 12.0 Å². The Morgan fingerprint density at radius 2 is 1.54 bits per heavy atom. The van der Waals surface area contributed by atoms with Crippen LogP contribution in [0.5, 0.6) is 0 Å². The third-order valence-electron chi connectivity index (χ3n) is 3.26. The highest BCUT2D eigenvalue weighted by atomic mass is 16.5. The Morgan fingerprint density at radius 3 is 2.12 bits per heavy atom. The molecular weight excluding hydrogens is 308 g/mol. The van der Waals surface area contributed by atoms with E-state index in [0.29, 0.717) is 24.3 Å². The van der Waals surface area contributed by atoms with Crippen molar-refractivity contribution in [3.63, 3.8) is 0 Å². The molecule has 0 aromatic heterocycles. The molecule has 5 nitrogen and oxygen atoms in total. The van der Waals surface area contributed by atoms with Gasteiger partial charge in [0.25, 0.3) is 0 Å². The number of hydrogen-bond donors (Lipinski definition) is 1. The summed E-state index contributed by atoms with van der Waals surface area (Å²) in [6.45, 7) is 6.78. The first-order chi connectivity index (χ1) is 11.3. The number of carbonyl (C=O) groups excluding carboxylic acids is 2. The first-order valence-corrected chi connectivity index (χ1v) is 8.38. The largest absolute Gasteiger partial charge is 0.462 e. The normalized spacial score (nSPS) is 11.2. The van der Waals surface area contributed by atoms with Crippen LogP contribution in [0, 0.1) is 5.41 Å². The van der Waals surface area contributed by atoms with Crippen LogP contribution in [0.15, 0.2) is 24.3 Å². The minimum Gasteiger partial charge on any atom is -0.462 e. The number of hydrogen-bond acceptors (Lipinski definition) is 5. The molecule has 0 heterocycles. The van der Waals surface area contributed by atoms with Gasteiger partial charge in [-0.1, -0.05) is 33.3 Å². The van der Waals surface area contributed by atoms with Crippen LogP contribution in [0.4, 0.5) is 0 Å². The minimum atomic E-state index is -0.442. The molecule has 0 radical (unpaired) electrons. The molecule has 0 aliphatic rings. The van der Waals surface area contributed by atoms with Crippen LogP contribution in [0.1, 0.15) is 67.2 Å². The molecule has 0 unspecified atom stereocenters. The lowest BCUT2D eigenvalue weighted by atomic mass is 9.99. The third-order valence-corrected chi connectivity index (χ3v) is 3.26. The lowest BCUT2D eigenvalue weighted by molar-refractivity contribution is 0.0367. The second kappa shape index (κ2) is 10.1. The maximum absolute atomic E-state index is 12.0. The van der Waals surface area contributed by atoms with Gasteiger partial charge in [0.2, 0.25) is 0 Å². The zero-order chi connectivity index (χ0) is 18.0. The molecule has 0 fully saturated rings. The van der Waals surface area contributed by atoms with Crippen molar-refractivity contribution in [1.29, 1.82) is 0 Å². The zero-order valence-corrected chi connectivity index (χ0v) is 14.8. The van der Waals surface area contributed by atoms with E-state index < -0.39 is 11.9 Å². The highest BCUT2D eigenvalue weighted by Crippen LogP contribution is 2.15. The van der Waals surface area contributed by atoms with Gasteiger partial charge in [-0.2, -0.15) is 0 Å². The molecule has 0 aliphatic carbocycles. The molecule has 134 valence electrons. The molecule has 1 aromatic carbocycles. The standard InChI is InChI=1S/C19H28O5/c1-19(2,3)14-24-18(22)16-10-8-9-15(13-16)17(21)23-12-7-5-4-6-11-20/h8-10,13,20H,4-7,11-12,14H2,1-3H3. The number of aliphatic hydroxyl groups is 1. The van der Waals surface area contributed by atoms with Gasteiger partial charge in [-0.15, -0.1) is 0 Å². The smallest absolute Gasteiger partial charge is 0.338 e. The van der Waals surface area contributed by atoms with Crippen molar-refractivity contribution in [3.05, 3.63) is 35.4 Å². The molecule has 0 bridgehead atoms. The summed E-state index contributed by atoms with van der Waals surface area (Å²) in [5.74, 6) is -0.883. The van der Waals surface area contributed by atoms with Gasteiger partial charge in [0.1, 0.15) is 0 Å². The summed E-state index contributed by atoms with van der Waals surface area (Å²) in [5.41, 5.74) is 0.578. The van der Waals surface area contributed by atoms with Crippen LogP contribution in [-0.2, 0) is 9.47 Å². The predicted molar refractivity (Wildman–Crippen MR) is 92.0 cm³/mol. The summed E-state index contributed by atoms with van der Waals surface area (Å²) in [7, 11) is 0. The Labute approximate surface area is 144 Å². The van der Waals surface area contributed by atoms with Gasteiger partial charge in [0, 0.05) is 6.61 Å². The van der Waals surface area contributed by atoms with Gasteiger partial charge in [-0.25, -0.2) is 9.59 Å². The second-order valence-electron chi connectivity index (χ2n) is 6.99. The SMILES string of the molecule is CC(C)(C)COC(=O)c1cccc(C(=O)OCCCCCCO)c1. The molecule has 1 aromatic rings. The summed E-state index contributed by atoms with van der Waals surface area (Å²) >= 11 is 0. The van der Waals surface area contributed by atoms with E-state index in [1.807, 2.05) is 20.8 Å². The summed E-state index contributed by atoms with van der Waals surface area (Å²) < 4.78 is 10.5. The number of aliphatic hydroxyl groups excluding tert-OH is 1. The lowest BCUT2D eigenvalue weighted by Crippen LogP contribution is -2.18. The van der Waals surface area contributed by atoms with Gasteiger partial charge < -0.3 is 14.6 Å². The molecule has 1 rings (SSSR count). The molecule has 0 saturated carbocycles. The Balaban J connectivity index is 2.49. The van der Waals surface area contributed by atoms with Gasteiger partial charge in [-0.05, 0) is 42.9 Å². The highest BCUT2D eigenvalue weighted by Gasteiger charge is 2.16. The summed E-state index contributed by atoms with van der Waals surface area (Å²) in [5, 5.41) is 8.69. The van der Waals surface area contributed by atoms with E-state index in [9.17, 15) is 9.59 Å². The van der Waals surface area contributed by atoms with E-state index in [0.717, 1.165) is 25.7 Å². The van der Waals surface area contributed by atoms with E-state index in [1.165, 1.54) is 6.07 Å². The summed E-state index contributed by atoms with van der Waals surface area (Å²) in [6, 6.07) is 6.38. The van der Waals surface area contributed by atoms with Crippen LogP contribution in [0.25, 0.3) is 0 Å². The summed E-state index contributed by atoms with van der Waals surface area (Å²) in [4.78, 5) is 24.0. The number of unbranched alkanes of at least 4 members (excludes halogenated alkanes) is 3. The monoisotopic (exact) mass is 336 g/mol. The van der Waals surface area contributed by atoms with E-state index in [4.69, 9.17) is 14.6 Å². The molecule has 1 N–H and O–H groups in total. The van der Waals surface area contributed by atoms with Gasteiger partial charge in [0.15, 0.2) is 0 Å². The molecule has 0 saturated heterocycles. The molecule has 5 heteroatoms. The number of rotatable bonds is 9. The molecule has 0 spiro atoms. The average molecular weight is 336 g/mol. The molecular formula is C19H28O5. The van der Waals surface area contributed by atoms with Crippen LogP contribution in [-0.4, -0.2) is 36.9 Å². The van der Waals surface area contributed by atoms with Gasteiger partial charge >= 0.3 is 11.9 Å². The minimum absolute atomic E-state index is 0.109. The maximum atomic E-state index is 12.0. The molecule has 0 atom stereocenters. The lowest BCUT2D eigenvalue weighted by Gasteiger charge is -2.17. The predicted octanol–water partition coefficient (Wildman–Crippen LogP) is 3.60. The topological polar surface area (TPSA) is 72.8 Å². The van der Waals surface area contributed by atoms with Gasteiger partial charge in [0.05, 0.1) is 24.3 Å². The van der Waals surface area contributed by atoms with Crippen molar-refractivity contribution < 1.29 is 24.2 Å². The fourth-order valence-corrected chi connectivity index (χ4v) is 1.95. The van der Waals surface area contributed by atoms with Crippen molar-refractivity contribution in [2.45, 2.75) is 46.5 Å². The fraction of sp³-hybridized carbons (Fsp3) is 0.579. The van der Waals surface area contributed by atoms with Crippen molar-refractivity contribution in [3.8, 4) is 0 Å². The highest BCUT2D eigenvalue weighted by molar-refractivity contribution is 5.95. The molecule has 24 heavy (non-hydrogen) atoms. The number of esters is 2. The van der Waals surface area contributed by atoms with E-state index in [2.05, 4.69) is 0 Å². The Hall–Kier alpha value is -1.88. The van der Waals surface area contributed by atoms with E-state index in [1.54, 1.807) is 18.2 Å². The Kier molecular flexibility index (Phi) is 8.47. The van der Waals surface area contributed by atoms with Crippen LogP contribution in [0.2, 0.25) is 0 Å². The van der Waals surface area contributed by atoms with Crippen molar-refractivity contribution in [2.24, 2.45) is 5.41 Å². The fourth-order valence-electron chi connectivity index (χ4n) is 1.95. The van der Waals surface area contributed by atoms with Crippen LogP contribution in [0.3, 0.4) is 0 Å². The molecule has 0 aliphatic heterocycles. The maximum Gasteiger partial charge on any atom is 0.338 e. The van der Waals surface area contributed by atoms with Crippen molar-refractivity contribution in [1.82, 2.24) is 0 Å². The Morgan fingerprint density at radius 1 is 0.958 bits per heavy atom. The second-order valence-corrected chi connectivity index (χ2v) is 6.99. The average Bonchev–Trinajstić information content (AvgIpc) is 2.55.